The second-order valence-corrected chi connectivity index (χ2v) is 8.16. The minimum atomic E-state index is -0.477. The van der Waals surface area contributed by atoms with Crippen LogP contribution >= 0.6 is 0 Å². The van der Waals surface area contributed by atoms with Gasteiger partial charge in [-0.3, -0.25) is 4.79 Å². The molecule has 1 aliphatic heterocycles. The minimum absolute atomic E-state index is 0.0693. The number of ether oxygens (including phenoxy) is 3. The van der Waals surface area contributed by atoms with Crippen LogP contribution in [-0.2, 0) is 4.79 Å². The highest BCUT2D eigenvalue weighted by Crippen LogP contribution is 2.43. The molecule has 1 atom stereocenters. The Morgan fingerprint density at radius 3 is 2.27 bits per heavy atom. The molecule has 0 radical (unpaired) electrons. The molecule has 1 aromatic heterocycles. The molecule has 0 N–H and O–H groups in total. The number of likely N-dealkylation sites (tertiary alicyclic amines) is 1. The van der Waals surface area contributed by atoms with E-state index in [0.717, 1.165) is 43.7 Å². The molecule has 174 valence electrons. The van der Waals surface area contributed by atoms with Gasteiger partial charge in [0, 0.05) is 43.1 Å². The Morgan fingerprint density at radius 2 is 1.64 bits per heavy atom. The number of piperidine rings is 1. The highest BCUT2D eigenvalue weighted by Gasteiger charge is 2.29. The van der Waals surface area contributed by atoms with Gasteiger partial charge in [0.25, 0.3) is 0 Å². The number of fused-ring (bicyclic) bond motifs is 1. The Morgan fingerprint density at radius 1 is 0.939 bits per heavy atom. The molecule has 1 saturated heterocycles. The van der Waals surface area contributed by atoms with Gasteiger partial charge in [0.05, 0.1) is 26.7 Å². The monoisotopic (exact) mass is 451 g/mol. The van der Waals surface area contributed by atoms with Crippen LogP contribution in [0.15, 0.2) is 51.7 Å². The lowest BCUT2D eigenvalue weighted by Gasteiger charge is -2.29. The van der Waals surface area contributed by atoms with Gasteiger partial charge in [-0.25, -0.2) is 4.79 Å². The van der Waals surface area contributed by atoms with Crippen LogP contribution in [0.5, 0.6) is 17.2 Å². The van der Waals surface area contributed by atoms with Gasteiger partial charge in [0.2, 0.25) is 5.91 Å². The number of hydrogen-bond donors (Lipinski definition) is 0. The van der Waals surface area contributed by atoms with Crippen LogP contribution in [0.2, 0.25) is 0 Å². The van der Waals surface area contributed by atoms with Crippen molar-refractivity contribution in [2.75, 3.05) is 34.4 Å². The minimum Gasteiger partial charge on any atom is -0.497 e. The lowest BCUT2D eigenvalue weighted by atomic mass is 9.85. The van der Waals surface area contributed by atoms with Crippen LogP contribution in [0, 0.1) is 0 Å². The Labute approximate surface area is 192 Å². The zero-order valence-corrected chi connectivity index (χ0v) is 19.3. The molecule has 0 unspecified atom stereocenters. The predicted molar refractivity (Wildman–Crippen MR) is 125 cm³/mol. The van der Waals surface area contributed by atoms with Crippen molar-refractivity contribution in [3.63, 3.8) is 0 Å². The molecule has 2 heterocycles. The zero-order valence-electron chi connectivity index (χ0n) is 19.3. The summed E-state index contributed by atoms with van der Waals surface area (Å²) in [6.07, 6.45) is 3.40. The molecule has 4 rings (SSSR count). The lowest BCUT2D eigenvalue weighted by molar-refractivity contribution is -0.132. The van der Waals surface area contributed by atoms with Crippen molar-refractivity contribution in [1.29, 1.82) is 0 Å². The van der Waals surface area contributed by atoms with Gasteiger partial charge >= 0.3 is 5.63 Å². The normalized spacial score (nSPS) is 14.7. The van der Waals surface area contributed by atoms with Crippen LogP contribution in [0.25, 0.3) is 11.0 Å². The van der Waals surface area contributed by atoms with E-state index >= 15 is 0 Å². The summed E-state index contributed by atoms with van der Waals surface area (Å²) >= 11 is 0. The molecule has 0 saturated carbocycles. The third-order valence-corrected chi connectivity index (χ3v) is 6.27. The van der Waals surface area contributed by atoms with E-state index in [0.29, 0.717) is 28.0 Å². The number of carbonyl (C=O) groups is 1. The summed E-state index contributed by atoms with van der Waals surface area (Å²) in [6.45, 7) is 1.54. The van der Waals surface area contributed by atoms with Crippen molar-refractivity contribution in [3.8, 4) is 17.2 Å². The maximum atomic E-state index is 13.3. The average Bonchev–Trinajstić information content (AvgIpc) is 2.86. The third-order valence-electron chi connectivity index (χ3n) is 6.27. The second-order valence-electron chi connectivity index (χ2n) is 8.16. The maximum Gasteiger partial charge on any atom is 0.336 e. The Kier molecular flexibility index (Phi) is 6.87. The molecule has 0 aliphatic carbocycles. The Hall–Kier alpha value is -3.48. The summed E-state index contributed by atoms with van der Waals surface area (Å²) in [4.78, 5) is 27.5. The molecule has 3 aromatic rings. The van der Waals surface area contributed by atoms with Gasteiger partial charge < -0.3 is 23.5 Å². The number of nitrogens with zero attached hydrogens (tertiary/aromatic N) is 1. The van der Waals surface area contributed by atoms with Crippen molar-refractivity contribution in [2.24, 2.45) is 0 Å². The molecule has 0 spiro atoms. The first kappa shape index (κ1) is 22.7. The average molecular weight is 452 g/mol. The first-order chi connectivity index (χ1) is 16.0. The highest BCUT2D eigenvalue weighted by atomic mass is 16.5. The number of carbonyl (C=O) groups excluding carboxylic acids is 1. The fourth-order valence-corrected chi connectivity index (χ4v) is 4.53. The van der Waals surface area contributed by atoms with Crippen molar-refractivity contribution in [1.82, 2.24) is 4.90 Å². The van der Waals surface area contributed by atoms with E-state index in [-0.39, 0.29) is 18.2 Å². The first-order valence-electron chi connectivity index (χ1n) is 11.2. The summed E-state index contributed by atoms with van der Waals surface area (Å²) < 4.78 is 22.2. The Bertz CT molecular complexity index is 1180. The van der Waals surface area contributed by atoms with Gasteiger partial charge in [-0.05, 0) is 43.0 Å². The highest BCUT2D eigenvalue weighted by molar-refractivity contribution is 5.90. The van der Waals surface area contributed by atoms with Crippen molar-refractivity contribution < 1.29 is 23.4 Å². The summed E-state index contributed by atoms with van der Waals surface area (Å²) in [5.41, 5.74) is 1.44. The van der Waals surface area contributed by atoms with Crippen molar-refractivity contribution in [3.05, 3.63) is 64.0 Å². The fourth-order valence-electron chi connectivity index (χ4n) is 4.53. The number of hydrogen-bond acceptors (Lipinski definition) is 6. The summed E-state index contributed by atoms with van der Waals surface area (Å²) in [5.74, 6) is 1.43. The van der Waals surface area contributed by atoms with E-state index in [1.165, 1.54) is 6.07 Å². The van der Waals surface area contributed by atoms with Crippen LogP contribution in [-0.4, -0.2) is 45.2 Å². The fraction of sp³-hybridized carbons (Fsp3) is 0.385. The lowest BCUT2D eigenvalue weighted by Crippen LogP contribution is -2.36. The van der Waals surface area contributed by atoms with E-state index in [1.54, 1.807) is 33.5 Å². The zero-order chi connectivity index (χ0) is 23.4. The van der Waals surface area contributed by atoms with Gasteiger partial charge in [0.15, 0.2) is 0 Å². The standard InChI is InChI=1S/C26H29NO6/c1-30-18-9-7-17(8-10-18)20(15-23(28)27-13-5-4-6-14-27)25-22(32-3)16-21(31-2)19-11-12-24(29)33-26(19)25/h7-12,16,20H,4-6,13-15H2,1-3H3/t20-/m1/s1. The molecule has 1 aliphatic rings. The predicted octanol–water partition coefficient (Wildman–Crippen LogP) is 4.35. The first-order valence-corrected chi connectivity index (χ1v) is 11.2. The molecule has 1 fully saturated rings. The van der Waals surface area contributed by atoms with Crippen LogP contribution in [0.4, 0.5) is 0 Å². The maximum absolute atomic E-state index is 13.3. The quantitative estimate of drug-likeness (QED) is 0.497. The van der Waals surface area contributed by atoms with E-state index in [2.05, 4.69) is 0 Å². The SMILES string of the molecule is COc1ccc([C@@H](CC(=O)N2CCCCC2)c2c(OC)cc(OC)c3ccc(=O)oc23)cc1. The summed E-state index contributed by atoms with van der Waals surface area (Å²) in [6, 6.07) is 12.4. The van der Waals surface area contributed by atoms with Gasteiger partial charge in [-0.1, -0.05) is 12.1 Å². The van der Waals surface area contributed by atoms with E-state index < -0.39 is 5.63 Å². The number of rotatable bonds is 7. The Balaban J connectivity index is 1.89. The number of amides is 1. The van der Waals surface area contributed by atoms with E-state index in [4.69, 9.17) is 18.6 Å². The number of methoxy groups -OCH3 is 3. The third kappa shape index (κ3) is 4.67. The largest absolute Gasteiger partial charge is 0.497 e. The molecule has 33 heavy (non-hydrogen) atoms. The summed E-state index contributed by atoms with van der Waals surface area (Å²) in [5, 5.41) is 0.650. The molecule has 7 nitrogen and oxygen atoms in total. The van der Waals surface area contributed by atoms with Gasteiger partial charge in [-0.15, -0.1) is 0 Å². The molecule has 0 bridgehead atoms. The molecular formula is C26H29NO6. The molecule has 2 aromatic carbocycles. The van der Waals surface area contributed by atoms with E-state index in [9.17, 15) is 9.59 Å². The van der Waals surface area contributed by atoms with E-state index in [1.807, 2.05) is 29.2 Å². The second kappa shape index (κ2) is 9.98. The van der Waals surface area contributed by atoms with Crippen LogP contribution in [0.1, 0.15) is 42.7 Å². The molecule has 7 heteroatoms. The smallest absolute Gasteiger partial charge is 0.336 e. The summed E-state index contributed by atoms with van der Waals surface area (Å²) in [7, 11) is 4.73. The van der Waals surface area contributed by atoms with Gasteiger partial charge in [-0.2, -0.15) is 0 Å². The van der Waals surface area contributed by atoms with Crippen LogP contribution < -0.4 is 19.8 Å². The van der Waals surface area contributed by atoms with Gasteiger partial charge in [0.1, 0.15) is 22.8 Å². The molecule has 1 amide bonds. The topological polar surface area (TPSA) is 78.2 Å². The van der Waals surface area contributed by atoms with Crippen LogP contribution in [0.3, 0.4) is 0 Å². The molecular weight excluding hydrogens is 422 g/mol. The van der Waals surface area contributed by atoms with Crippen molar-refractivity contribution >= 4 is 16.9 Å². The number of benzene rings is 2. The van der Waals surface area contributed by atoms with Crippen molar-refractivity contribution in [2.45, 2.75) is 31.6 Å².